The molecule has 0 aliphatic carbocycles. The summed E-state index contributed by atoms with van der Waals surface area (Å²) in [4.78, 5) is 2.65. The van der Waals surface area contributed by atoms with E-state index in [0.29, 0.717) is 12.1 Å². The van der Waals surface area contributed by atoms with Crippen LogP contribution in [-0.2, 0) is 0 Å². The third-order valence-corrected chi connectivity index (χ3v) is 5.34. The van der Waals surface area contributed by atoms with Gasteiger partial charge < -0.3 is 5.73 Å². The van der Waals surface area contributed by atoms with E-state index >= 15 is 0 Å². The van der Waals surface area contributed by atoms with Crippen LogP contribution in [0, 0.1) is 5.92 Å². The van der Waals surface area contributed by atoms with E-state index in [2.05, 4.69) is 44.4 Å². The van der Waals surface area contributed by atoms with Crippen molar-refractivity contribution >= 4 is 11.8 Å². The van der Waals surface area contributed by atoms with Gasteiger partial charge in [-0.1, -0.05) is 27.2 Å². The molecule has 0 bridgehead atoms. The first-order valence-electron chi connectivity index (χ1n) is 6.69. The molecule has 1 aliphatic rings. The summed E-state index contributed by atoms with van der Waals surface area (Å²) in [5.41, 5.74) is 5.99. The zero-order valence-corrected chi connectivity index (χ0v) is 12.1. The minimum Gasteiger partial charge on any atom is -0.329 e. The van der Waals surface area contributed by atoms with E-state index in [9.17, 15) is 0 Å². The highest BCUT2D eigenvalue weighted by molar-refractivity contribution is 8.00. The normalized spacial score (nSPS) is 31.3. The standard InChI is InChI=1S/C13H28N2S/c1-5-6-10(2)13(9-14)15-7-8-16-12(4)11(15)3/h10-13H,5-9,14H2,1-4H3. The Morgan fingerprint density at radius 2 is 2.12 bits per heavy atom. The number of rotatable bonds is 5. The van der Waals surface area contributed by atoms with Crippen molar-refractivity contribution < 1.29 is 0 Å². The highest BCUT2D eigenvalue weighted by Gasteiger charge is 2.32. The maximum atomic E-state index is 5.99. The SMILES string of the molecule is CCCC(C)C(CN)N1CCSC(C)C1C. The van der Waals surface area contributed by atoms with Crippen LogP contribution in [0.4, 0.5) is 0 Å². The Kier molecular flexibility index (Phi) is 6.16. The minimum atomic E-state index is 0.582. The Hall–Kier alpha value is 0.270. The molecule has 96 valence electrons. The molecule has 1 aliphatic heterocycles. The van der Waals surface area contributed by atoms with Crippen LogP contribution in [0.5, 0.6) is 0 Å². The van der Waals surface area contributed by atoms with Crippen LogP contribution in [0.25, 0.3) is 0 Å². The van der Waals surface area contributed by atoms with Gasteiger partial charge in [-0.2, -0.15) is 11.8 Å². The zero-order chi connectivity index (χ0) is 12.1. The Morgan fingerprint density at radius 1 is 1.44 bits per heavy atom. The van der Waals surface area contributed by atoms with E-state index in [1.165, 1.54) is 25.1 Å². The van der Waals surface area contributed by atoms with Crippen LogP contribution in [0.3, 0.4) is 0 Å². The fourth-order valence-corrected chi connectivity index (χ4v) is 3.89. The molecule has 4 atom stereocenters. The van der Waals surface area contributed by atoms with Crippen LogP contribution < -0.4 is 5.73 Å². The van der Waals surface area contributed by atoms with Crippen molar-refractivity contribution in [2.45, 2.75) is 57.9 Å². The molecule has 0 aromatic heterocycles. The molecule has 1 rings (SSSR count). The van der Waals surface area contributed by atoms with E-state index in [0.717, 1.165) is 17.7 Å². The smallest absolute Gasteiger partial charge is 0.0247 e. The quantitative estimate of drug-likeness (QED) is 0.806. The molecule has 0 saturated carbocycles. The fraction of sp³-hybridized carbons (Fsp3) is 1.00. The lowest BCUT2D eigenvalue weighted by atomic mass is 9.94. The Balaban J connectivity index is 2.63. The van der Waals surface area contributed by atoms with Crippen molar-refractivity contribution in [3.8, 4) is 0 Å². The van der Waals surface area contributed by atoms with Gasteiger partial charge >= 0.3 is 0 Å². The van der Waals surface area contributed by atoms with Crippen molar-refractivity contribution in [2.24, 2.45) is 11.7 Å². The number of hydrogen-bond acceptors (Lipinski definition) is 3. The zero-order valence-electron chi connectivity index (χ0n) is 11.3. The second-order valence-electron chi connectivity index (χ2n) is 5.12. The average Bonchev–Trinajstić information content (AvgIpc) is 2.25. The van der Waals surface area contributed by atoms with Gasteiger partial charge in [-0.15, -0.1) is 0 Å². The molecule has 4 unspecified atom stereocenters. The summed E-state index contributed by atoms with van der Waals surface area (Å²) >= 11 is 2.10. The molecular weight excluding hydrogens is 216 g/mol. The monoisotopic (exact) mass is 244 g/mol. The number of nitrogens with two attached hydrogens (primary N) is 1. The van der Waals surface area contributed by atoms with Gasteiger partial charge in [0.15, 0.2) is 0 Å². The predicted molar refractivity (Wildman–Crippen MR) is 75.0 cm³/mol. The van der Waals surface area contributed by atoms with E-state index in [1.807, 2.05) is 0 Å². The molecule has 1 fully saturated rings. The van der Waals surface area contributed by atoms with Gasteiger partial charge in [0, 0.05) is 36.2 Å². The molecule has 1 heterocycles. The van der Waals surface area contributed by atoms with Crippen LogP contribution >= 0.6 is 11.8 Å². The van der Waals surface area contributed by atoms with Crippen molar-refractivity contribution in [1.82, 2.24) is 4.90 Å². The topological polar surface area (TPSA) is 29.3 Å². The van der Waals surface area contributed by atoms with Crippen molar-refractivity contribution in [2.75, 3.05) is 18.8 Å². The molecule has 1 saturated heterocycles. The summed E-state index contributed by atoms with van der Waals surface area (Å²) in [5.74, 6) is 1.99. The van der Waals surface area contributed by atoms with Crippen LogP contribution in [0.1, 0.15) is 40.5 Å². The van der Waals surface area contributed by atoms with Crippen LogP contribution in [0.2, 0.25) is 0 Å². The number of nitrogens with zero attached hydrogens (tertiary/aromatic N) is 1. The second-order valence-corrected chi connectivity index (χ2v) is 6.61. The summed E-state index contributed by atoms with van der Waals surface area (Å²) in [6, 6.07) is 1.25. The van der Waals surface area contributed by atoms with E-state index in [4.69, 9.17) is 5.73 Å². The second kappa shape index (κ2) is 6.87. The number of thioether (sulfide) groups is 1. The molecule has 0 amide bonds. The highest BCUT2D eigenvalue weighted by atomic mass is 32.2. The van der Waals surface area contributed by atoms with Gasteiger partial charge in [-0.3, -0.25) is 4.90 Å². The molecule has 0 aromatic rings. The van der Waals surface area contributed by atoms with E-state index in [1.54, 1.807) is 0 Å². The maximum Gasteiger partial charge on any atom is 0.0247 e. The number of hydrogen-bond donors (Lipinski definition) is 1. The van der Waals surface area contributed by atoms with Crippen LogP contribution in [-0.4, -0.2) is 41.1 Å². The van der Waals surface area contributed by atoms with Crippen molar-refractivity contribution in [3.05, 3.63) is 0 Å². The Morgan fingerprint density at radius 3 is 2.69 bits per heavy atom. The highest BCUT2D eigenvalue weighted by Crippen LogP contribution is 2.28. The maximum absolute atomic E-state index is 5.99. The summed E-state index contributed by atoms with van der Waals surface area (Å²) in [6.07, 6.45) is 2.57. The lowest BCUT2D eigenvalue weighted by molar-refractivity contribution is 0.108. The van der Waals surface area contributed by atoms with Crippen molar-refractivity contribution in [3.63, 3.8) is 0 Å². The third kappa shape index (κ3) is 3.38. The van der Waals surface area contributed by atoms with Gasteiger partial charge in [0.25, 0.3) is 0 Å². The molecule has 0 radical (unpaired) electrons. The predicted octanol–water partition coefficient (Wildman–Crippen LogP) is 2.58. The minimum absolute atomic E-state index is 0.582. The van der Waals surface area contributed by atoms with Gasteiger partial charge in [0.1, 0.15) is 0 Å². The van der Waals surface area contributed by atoms with E-state index < -0.39 is 0 Å². The lowest BCUT2D eigenvalue weighted by Crippen LogP contribution is -2.54. The first-order valence-corrected chi connectivity index (χ1v) is 7.74. The van der Waals surface area contributed by atoms with Crippen molar-refractivity contribution in [1.29, 1.82) is 0 Å². The molecule has 0 aromatic carbocycles. The molecule has 3 heteroatoms. The Bertz CT molecular complexity index is 198. The molecule has 0 spiro atoms. The fourth-order valence-electron chi connectivity index (χ4n) is 2.77. The molecular formula is C13H28N2S. The summed E-state index contributed by atoms with van der Waals surface area (Å²) in [6.45, 7) is 11.4. The Labute approximate surface area is 105 Å². The largest absolute Gasteiger partial charge is 0.329 e. The first kappa shape index (κ1) is 14.3. The summed E-state index contributed by atoms with van der Waals surface area (Å²) < 4.78 is 0. The van der Waals surface area contributed by atoms with Gasteiger partial charge in [-0.25, -0.2) is 0 Å². The third-order valence-electron chi connectivity index (χ3n) is 4.00. The van der Waals surface area contributed by atoms with E-state index in [-0.39, 0.29) is 0 Å². The van der Waals surface area contributed by atoms with Gasteiger partial charge in [-0.05, 0) is 19.3 Å². The molecule has 16 heavy (non-hydrogen) atoms. The summed E-state index contributed by atoms with van der Waals surface area (Å²) in [5, 5.41) is 0.747. The lowest BCUT2D eigenvalue weighted by Gasteiger charge is -2.44. The average molecular weight is 244 g/mol. The van der Waals surface area contributed by atoms with Gasteiger partial charge in [0.2, 0.25) is 0 Å². The molecule has 2 nitrogen and oxygen atoms in total. The first-order chi connectivity index (χ1) is 7.61. The van der Waals surface area contributed by atoms with Crippen LogP contribution in [0.15, 0.2) is 0 Å². The summed E-state index contributed by atoms with van der Waals surface area (Å²) in [7, 11) is 0. The van der Waals surface area contributed by atoms with Gasteiger partial charge in [0.05, 0.1) is 0 Å². The molecule has 2 N–H and O–H groups in total.